The van der Waals surface area contributed by atoms with Gasteiger partial charge in [-0.15, -0.1) is 0 Å². The summed E-state index contributed by atoms with van der Waals surface area (Å²) in [5.41, 5.74) is 0. The SMILES string of the molecule is CCCCCCCCCCCCCCCCCCCCCCCC[n+]1ccccc1.CCCCCCCCCCCCCCCCCCCCCC[n+]1ccccc1.F[B-](F)(F)F.F[B-](F)(F)F. The van der Waals surface area contributed by atoms with Gasteiger partial charge in [0.1, 0.15) is 13.1 Å². The predicted molar refractivity (Wildman–Crippen MR) is 279 cm³/mol. The third-order valence-corrected chi connectivity index (χ3v) is 12.6. The molecule has 2 aromatic heterocycles. The first-order valence-corrected chi connectivity index (χ1v) is 28.5. The Balaban J connectivity index is 0. The second-order valence-electron chi connectivity index (χ2n) is 19.4. The molecule has 0 fully saturated rings. The van der Waals surface area contributed by atoms with Crippen molar-refractivity contribution in [2.45, 2.75) is 297 Å². The van der Waals surface area contributed by atoms with Crippen LogP contribution in [0.3, 0.4) is 0 Å². The molecule has 0 radical (unpaired) electrons. The van der Waals surface area contributed by atoms with Crippen LogP contribution in [0.2, 0.25) is 0 Å². The van der Waals surface area contributed by atoms with Gasteiger partial charge in [0, 0.05) is 37.1 Å². The van der Waals surface area contributed by atoms with Crippen molar-refractivity contribution < 1.29 is 43.7 Å². The summed E-state index contributed by atoms with van der Waals surface area (Å²) in [6, 6.07) is 12.7. The maximum atomic E-state index is 9.75. The van der Waals surface area contributed by atoms with Gasteiger partial charge < -0.3 is 34.5 Å². The lowest BCUT2D eigenvalue weighted by Crippen LogP contribution is -2.32. The lowest BCUT2D eigenvalue weighted by atomic mass is 10.0. The molecule has 0 saturated carbocycles. The molecular weight excluding hydrogens is 874 g/mol. The van der Waals surface area contributed by atoms with Crippen molar-refractivity contribution >= 4 is 14.5 Å². The summed E-state index contributed by atoms with van der Waals surface area (Å²) in [5.74, 6) is 0. The lowest BCUT2D eigenvalue weighted by molar-refractivity contribution is -0.697. The van der Waals surface area contributed by atoms with Crippen LogP contribution >= 0.6 is 0 Å². The van der Waals surface area contributed by atoms with Crippen molar-refractivity contribution in [3.8, 4) is 0 Å². The van der Waals surface area contributed by atoms with Crippen molar-refractivity contribution in [3.63, 3.8) is 0 Å². The van der Waals surface area contributed by atoms with E-state index in [1.54, 1.807) is 0 Å². The number of pyridine rings is 2. The number of rotatable bonds is 44. The summed E-state index contributed by atoms with van der Waals surface area (Å²) < 4.78 is 82.6. The van der Waals surface area contributed by atoms with Gasteiger partial charge in [0.2, 0.25) is 0 Å². The molecule has 0 bridgehead atoms. The fraction of sp³-hybridized carbons (Fsp3) is 0.821. The number of nitrogens with zero attached hydrogens (tertiary/aromatic N) is 2. The largest absolute Gasteiger partial charge is 0.673 e. The molecule has 0 spiro atoms. The predicted octanol–water partition coefficient (Wildman–Crippen LogP) is 21.0. The van der Waals surface area contributed by atoms with Gasteiger partial charge in [0.25, 0.3) is 0 Å². The normalized spacial score (nSPS) is 11.3. The highest BCUT2D eigenvalue weighted by atomic mass is 19.5. The molecule has 0 aromatic carbocycles. The highest BCUT2D eigenvalue weighted by Crippen LogP contribution is 2.17. The maximum Gasteiger partial charge on any atom is 0.673 e. The van der Waals surface area contributed by atoms with Gasteiger partial charge in [-0.1, -0.05) is 270 Å². The van der Waals surface area contributed by atoms with Crippen molar-refractivity contribution in [3.05, 3.63) is 61.2 Å². The molecule has 0 aliphatic heterocycles. The minimum absolute atomic E-state index is 1.18. The fourth-order valence-electron chi connectivity index (χ4n) is 8.62. The average Bonchev–Trinajstić information content (AvgIpc) is 3.30. The third kappa shape index (κ3) is 70.4. The standard InChI is InChI=1S/C29H54N.C27H50N.2BF4/c1-2-3-4-5-6-7-8-9-10-11-12-13-14-15-16-17-18-19-20-21-22-24-27-30-28-25-23-26-29-30;1-2-3-4-5-6-7-8-9-10-11-12-13-14-15-16-17-18-19-20-22-25-28-26-23-21-24-27-28;2*2-1(3,4)5/h23,25-26,28-29H,2-22,24,27H2,1H3;21,23-24,26-27H,2-20,22,25H2,1H3;;/q2*+1;2*-1. The van der Waals surface area contributed by atoms with Gasteiger partial charge in [0.05, 0.1) is 0 Å². The molecule has 0 unspecified atom stereocenters. The monoisotopic (exact) mass is 979 g/mol. The van der Waals surface area contributed by atoms with E-state index in [4.69, 9.17) is 0 Å². The molecule has 0 saturated heterocycles. The fourth-order valence-corrected chi connectivity index (χ4v) is 8.62. The number of unbranched alkanes of at least 4 members (excludes halogenated alkanes) is 40. The van der Waals surface area contributed by atoms with Crippen molar-refractivity contribution in [1.29, 1.82) is 0 Å². The zero-order valence-electron chi connectivity index (χ0n) is 44.0. The van der Waals surface area contributed by atoms with E-state index >= 15 is 0 Å². The Morgan fingerprint density at radius 2 is 0.353 bits per heavy atom. The zero-order chi connectivity index (χ0) is 50.3. The van der Waals surface area contributed by atoms with E-state index in [9.17, 15) is 34.5 Å². The van der Waals surface area contributed by atoms with Crippen LogP contribution in [0.1, 0.15) is 284 Å². The number of halogens is 8. The van der Waals surface area contributed by atoms with E-state index in [-0.39, 0.29) is 0 Å². The Morgan fingerprint density at radius 3 is 0.500 bits per heavy atom. The van der Waals surface area contributed by atoms with E-state index in [2.05, 4.69) is 84.2 Å². The summed E-state index contributed by atoms with van der Waals surface area (Å²) in [6.45, 7) is 6.96. The molecule has 2 rings (SSSR count). The zero-order valence-corrected chi connectivity index (χ0v) is 44.0. The van der Waals surface area contributed by atoms with Gasteiger partial charge in [-0.2, -0.15) is 0 Å². The molecule has 0 aliphatic carbocycles. The number of aryl methyl sites for hydroxylation is 2. The molecule has 68 heavy (non-hydrogen) atoms. The molecule has 400 valence electrons. The van der Waals surface area contributed by atoms with E-state index < -0.39 is 14.5 Å². The second-order valence-corrected chi connectivity index (χ2v) is 19.4. The molecule has 0 N–H and O–H groups in total. The van der Waals surface area contributed by atoms with Gasteiger partial charge in [-0.25, -0.2) is 9.13 Å². The van der Waals surface area contributed by atoms with E-state index in [0.29, 0.717) is 0 Å². The van der Waals surface area contributed by atoms with E-state index in [0.717, 1.165) is 0 Å². The third-order valence-electron chi connectivity index (χ3n) is 12.6. The van der Waals surface area contributed by atoms with Gasteiger partial charge in [-0.05, 0) is 12.8 Å². The van der Waals surface area contributed by atoms with Crippen LogP contribution in [0.25, 0.3) is 0 Å². The first-order valence-electron chi connectivity index (χ1n) is 28.5. The van der Waals surface area contributed by atoms with Crippen molar-refractivity contribution in [2.24, 2.45) is 0 Å². The van der Waals surface area contributed by atoms with Crippen LogP contribution in [-0.2, 0) is 13.1 Å². The highest BCUT2D eigenvalue weighted by molar-refractivity contribution is 6.50. The minimum Gasteiger partial charge on any atom is -0.418 e. The topological polar surface area (TPSA) is 7.76 Å². The summed E-state index contributed by atoms with van der Waals surface area (Å²) in [6.07, 6.45) is 69.8. The highest BCUT2D eigenvalue weighted by Gasteiger charge is 2.21. The number of hydrogen-bond acceptors (Lipinski definition) is 0. The van der Waals surface area contributed by atoms with Crippen LogP contribution in [0.4, 0.5) is 34.5 Å². The molecule has 12 heteroatoms. The summed E-state index contributed by atoms with van der Waals surface area (Å²) in [4.78, 5) is 0. The van der Waals surface area contributed by atoms with Crippen LogP contribution in [0, 0.1) is 0 Å². The number of aromatic nitrogens is 2. The van der Waals surface area contributed by atoms with E-state index in [1.165, 1.54) is 283 Å². The second kappa shape index (κ2) is 54.2. The number of hydrogen-bond donors (Lipinski definition) is 0. The molecule has 2 heterocycles. The molecule has 2 nitrogen and oxygen atoms in total. The molecular formula is C56H104B2F8N2. The molecule has 0 atom stereocenters. The minimum atomic E-state index is -6.00. The Hall–Kier alpha value is -2.13. The first kappa shape index (κ1) is 67.9. The molecule has 0 aliphatic rings. The Bertz CT molecular complexity index is 1180. The average molecular weight is 979 g/mol. The van der Waals surface area contributed by atoms with Crippen LogP contribution in [0.15, 0.2) is 61.2 Å². The van der Waals surface area contributed by atoms with Crippen LogP contribution < -0.4 is 9.13 Å². The Labute approximate surface area is 414 Å². The maximum absolute atomic E-state index is 9.75. The summed E-state index contributed by atoms with van der Waals surface area (Å²) >= 11 is 0. The lowest BCUT2D eigenvalue weighted by Gasteiger charge is -2.04. The van der Waals surface area contributed by atoms with Crippen LogP contribution in [-0.4, -0.2) is 14.5 Å². The van der Waals surface area contributed by atoms with Crippen molar-refractivity contribution in [2.75, 3.05) is 0 Å². The van der Waals surface area contributed by atoms with Gasteiger partial charge >= 0.3 is 14.5 Å². The van der Waals surface area contributed by atoms with Crippen LogP contribution in [0.5, 0.6) is 0 Å². The molecule has 0 amide bonds. The summed E-state index contributed by atoms with van der Waals surface area (Å²) in [7, 11) is -12.0. The smallest absolute Gasteiger partial charge is 0.418 e. The Kier molecular flexibility index (Phi) is 54.2. The Morgan fingerprint density at radius 1 is 0.221 bits per heavy atom. The first-order chi connectivity index (χ1) is 32.9. The van der Waals surface area contributed by atoms with Crippen molar-refractivity contribution in [1.82, 2.24) is 0 Å². The van der Waals surface area contributed by atoms with E-state index in [1.807, 2.05) is 0 Å². The van der Waals surface area contributed by atoms with Gasteiger partial charge in [0.15, 0.2) is 24.8 Å². The quantitative estimate of drug-likeness (QED) is 0.0271. The summed E-state index contributed by atoms with van der Waals surface area (Å²) in [5, 5.41) is 0. The molecule has 2 aromatic rings. The van der Waals surface area contributed by atoms with Gasteiger partial charge in [-0.3, -0.25) is 0 Å².